The van der Waals surface area contributed by atoms with Gasteiger partial charge < -0.3 is 4.74 Å². The summed E-state index contributed by atoms with van der Waals surface area (Å²) in [5, 5.41) is 0. The summed E-state index contributed by atoms with van der Waals surface area (Å²) in [6, 6.07) is 7.02. The van der Waals surface area contributed by atoms with E-state index >= 15 is 0 Å². The Bertz CT molecular complexity index is 537. The number of rotatable bonds is 4. The van der Waals surface area contributed by atoms with Gasteiger partial charge in [0.2, 0.25) is 10.0 Å². The van der Waals surface area contributed by atoms with Crippen LogP contribution in [0.15, 0.2) is 29.2 Å². The number of ether oxygens (including phenoxy) is 1. The van der Waals surface area contributed by atoms with Gasteiger partial charge in [-0.2, -0.15) is 4.31 Å². The Kier molecular flexibility index (Phi) is 4.83. The first kappa shape index (κ1) is 15.5. The van der Waals surface area contributed by atoms with Crippen LogP contribution in [-0.4, -0.2) is 38.5 Å². The van der Waals surface area contributed by atoms with Crippen molar-refractivity contribution in [1.29, 1.82) is 0 Å². The molecule has 0 radical (unpaired) electrons. The lowest BCUT2D eigenvalue weighted by molar-refractivity contribution is -0.0118. The van der Waals surface area contributed by atoms with Crippen LogP contribution < -0.4 is 0 Å². The SMILES string of the molecule is Cc1ccc(S(=O)(=O)N2CCO[C@@H](CC(C)C)C2)cc1. The topological polar surface area (TPSA) is 46.6 Å². The fraction of sp³-hybridized carbons (Fsp3) is 0.600. The summed E-state index contributed by atoms with van der Waals surface area (Å²) >= 11 is 0. The molecule has 0 unspecified atom stereocenters. The van der Waals surface area contributed by atoms with E-state index < -0.39 is 10.0 Å². The van der Waals surface area contributed by atoms with E-state index in [0.717, 1.165) is 12.0 Å². The van der Waals surface area contributed by atoms with Crippen molar-refractivity contribution in [3.8, 4) is 0 Å². The molecular weight excluding hydrogens is 274 g/mol. The molecule has 1 fully saturated rings. The van der Waals surface area contributed by atoms with Crippen LogP contribution in [0.3, 0.4) is 0 Å². The third-order valence-corrected chi connectivity index (χ3v) is 5.37. The quantitative estimate of drug-likeness (QED) is 0.857. The fourth-order valence-electron chi connectivity index (χ4n) is 2.44. The minimum atomic E-state index is -3.39. The molecule has 20 heavy (non-hydrogen) atoms. The molecule has 4 nitrogen and oxygen atoms in total. The van der Waals surface area contributed by atoms with E-state index in [0.29, 0.717) is 30.5 Å². The molecule has 0 amide bonds. The number of nitrogens with zero attached hydrogens (tertiary/aromatic N) is 1. The van der Waals surface area contributed by atoms with Gasteiger partial charge in [-0.05, 0) is 31.4 Å². The van der Waals surface area contributed by atoms with Gasteiger partial charge in [-0.15, -0.1) is 0 Å². The molecule has 0 aromatic heterocycles. The summed E-state index contributed by atoms with van der Waals surface area (Å²) in [5.74, 6) is 0.502. The zero-order valence-corrected chi connectivity index (χ0v) is 13.2. The first-order valence-electron chi connectivity index (χ1n) is 7.08. The van der Waals surface area contributed by atoms with Gasteiger partial charge in [0, 0.05) is 13.1 Å². The highest BCUT2D eigenvalue weighted by Gasteiger charge is 2.30. The van der Waals surface area contributed by atoms with Crippen molar-refractivity contribution in [2.75, 3.05) is 19.7 Å². The third-order valence-electron chi connectivity index (χ3n) is 3.49. The lowest BCUT2D eigenvalue weighted by atomic mass is 10.1. The molecule has 112 valence electrons. The normalized spacial score (nSPS) is 21.3. The number of morpholine rings is 1. The molecule has 0 saturated carbocycles. The van der Waals surface area contributed by atoms with E-state index in [4.69, 9.17) is 4.74 Å². The minimum absolute atomic E-state index is 0.00368. The molecule has 1 aromatic carbocycles. The van der Waals surface area contributed by atoms with Crippen molar-refractivity contribution in [3.63, 3.8) is 0 Å². The first-order valence-corrected chi connectivity index (χ1v) is 8.52. The highest BCUT2D eigenvalue weighted by atomic mass is 32.2. The zero-order chi connectivity index (χ0) is 14.8. The highest BCUT2D eigenvalue weighted by molar-refractivity contribution is 7.89. The molecule has 1 aromatic rings. The van der Waals surface area contributed by atoms with E-state index in [1.54, 1.807) is 16.4 Å². The van der Waals surface area contributed by atoms with Crippen LogP contribution >= 0.6 is 0 Å². The number of hydrogen-bond acceptors (Lipinski definition) is 3. The van der Waals surface area contributed by atoms with Gasteiger partial charge in [0.1, 0.15) is 0 Å². The molecule has 1 aliphatic rings. The Morgan fingerprint density at radius 2 is 1.95 bits per heavy atom. The number of hydrogen-bond donors (Lipinski definition) is 0. The monoisotopic (exact) mass is 297 g/mol. The average Bonchev–Trinajstić information content (AvgIpc) is 2.39. The maximum Gasteiger partial charge on any atom is 0.243 e. The van der Waals surface area contributed by atoms with Gasteiger partial charge in [-0.25, -0.2) is 8.42 Å². The second kappa shape index (κ2) is 6.24. The molecule has 0 bridgehead atoms. The van der Waals surface area contributed by atoms with Crippen molar-refractivity contribution in [3.05, 3.63) is 29.8 Å². The van der Waals surface area contributed by atoms with Crippen LogP contribution in [-0.2, 0) is 14.8 Å². The summed E-state index contributed by atoms with van der Waals surface area (Å²) in [7, 11) is -3.39. The molecule has 0 aliphatic carbocycles. The van der Waals surface area contributed by atoms with E-state index in [1.807, 2.05) is 19.1 Å². The smallest absolute Gasteiger partial charge is 0.243 e. The van der Waals surface area contributed by atoms with Crippen LogP contribution in [0, 0.1) is 12.8 Å². The van der Waals surface area contributed by atoms with E-state index in [-0.39, 0.29) is 6.10 Å². The summed E-state index contributed by atoms with van der Waals surface area (Å²) < 4.78 is 32.4. The van der Waals surface area contributed by atoms with E-state index in [2.05, 4.69) is 13.8 Å². The van der Waals surface area contributed by atoms with Crippen LogP contribution in [0.25, 0.3) is 0 Å². The van der Waals surface area contributed by atoms with Gasteiger partial charge in [-0.3, -0.25) is 0 Å². The van der Waals surface area contributed by atoms with Crippen LogP contribution in [0.1, 0.15) is 25.8 Å². The van der Waals surface area contributed by atoms with Crippen LogP contribution in [0.5, 0.6) is 0 Å². The third kappa shape index (κ3) is 3.59. The summed E-state index contributed by atoms with van der Waals surface area (Å²) in [4.78, 5) is 0.369. The maximum absolute atomic E-state index is 12.6. The molecule has 5 heteroatoms. The van der Waals surface area contributed by atoms with Crippen molar-refractivity contribution in [1.82, 2.24) is 4.31 Å². The van der Waals surface area contributed by atoms with E-state index in [9.17, 15) is 8.42 Å². The van der Waals surface area contributed by atoms with Gasteiger partial charge in [0.15, 0.2) is 0 Å². The number of aryl methyl sites for hydroxylation is 1. The Hall–Kier alpha value is -0.910. The molecule has 0 spiro atoms. The molecule has 1 saturated heterocycles. The van der Waals surface area contributed by atoms with Crippen molar-refractivity contribution in [2.24, 2.45) is 5.92 Å². The Morgan fingerprint density at radius 3 is 2.55 bits per heavy atom. The second-order valence-electron chi connectivity index (χ2n) is 5.80. The molecule has 2 rings (SSSR count). The molecule has 1 atom stereocenters. The fourth-order valence-corrected chi connectivity index (χ4v) is 3.89. The second-order valence-corrected chi connectivity index (χ2v) is 7.74. The summed E-state index contributed by atoms with van der Waals surface area (Å²) in [6.45, 7) is 7.55. The molecule has 1 aliphatic heterocycles. The van der Waals surface area contributed by atoms with Gasteiger partial charge in [0.25, 0.3) is 0 Å². The van der Waals surface area contributed by atoms with Crippen LogP contribution in [0.4, 0.5) is 0 Å². The first-order chi connectivity index (χ1) is 9.39. The minimum Gasteiger partial charge on any atom is -0.375 e. The van der Waals surface area contributed by atoms with E-state index in [1.165, 1.54) is 0 Å². The molecule has 0 N–H and O–H groups in total. The molecule has 1 heterocycles. The summed E-state index contributed by atoms with van der Waals surface area (Å²) in [6.07, 6.45) is 0.892. The maximum atomic E-state index is 12.6. The average molecular weight is 297 g/mol. The van der Waals surface area contributed by atoms with Crippen LogP contribution in [0.2, 0.25) is 0 Å². The van der Waals surface area contributed by atoms with Crippen molar-refractivity contribution in [2.45, 2.75) is 38.2 Å². The molecular formula is C15H23NO3S. The predicted molar refractivity (Wildman–Crippen MR) is 79.1 cm³/mol. The lowest BCUT2D eigenvalue weighted by Crippen LogP contribution is -2.45. The van der Waals surface area contributed by atoms with Gasteiger partial charge >= 0.3 is 0 Å². The lowest BCUT2D eigenvalue weighted by Gasteiger charge is -2.33. The van der Waals surface area contributed by atoms with Gasteiger partial charge in [-0.1, -0.05) is 31.5 Å². The Balaban J connectivity index is 2.14. The highest BCUT2D eigenvalue weighted by Crippen LogP contribution is 2.21. The number of benzene rings is 1. The Labute approximate surface area is 121 Å². The Morgan fingerprint density at radius 1 is 1.30 bits per heavy atom. The number of sulfonamides is 1. The van der Waals surface area contributed by atoms with Crippen molar-refractivity contribution >= 4 is 10.0 Å². The van der Waals surface area contributed by atoms with Gasteiger partial charge in [0.05, 0.1) is 17.6 Å². The predicted octanol–water partition coefficient (Wildman–Crippen LogP) is 2.43. The summed E-state index contributed by atoms with van der Waals surface area (Å²) in [5.41, 5.74) is 1.06. The van der Waals surface area contributed by atoms with Crippen molar-refractivity contribution < 1.29 is 13.2 Å². The zero-order valence-electron chi connectivity index (χ0n) is 12.4. The standard InChI is InChI=1S/C15H23NO3S/c1-12(2)10-14-11-16(8-9-19-14)20(17,18)15-6-4-13(3)5-7-15/h4-7,12,14H,8-11H2,1-3H3/t14-/m0/s1. The largest absolute Gasteiger partial charge is 0.375 e.